The lowest BCUT2D eigenvalue weighted by atomic mass is 10.1. The Morgan fingerprint density at radius 2 is 1.86 bits per heavy atom. The third-order valence-corrected chi connectivity index (χ3v) is 3.72. The van der Waals surface area contributed by atoms with E-state index in [-0.39, 0.29) is 0 Å². The van der Waals surface area contributed by atoms with Gasteiger partial charge in [-0.1, -0.05) is 57.5 Å². The third-order valence-electron chi connectivity index (χ3n) is 3.07. The van der Waals surface area contributed by atoms with Gasteiger partial charge in [-0.3, -0.25) is 0 Å². The van der Waals surface area contributed by atoms with Gasteiger partial charge in [0.2, 0.25) is 5.82 Å². The maximum Gasteiger partial charge on any atom is 0.259 e. The number of halogens is 1. The Labute approximate surface area is 130 Å². The van der Waals surface area contributed by atoms with Crippen LogP contribution in [-0.2, 0) is 5.33 Å². The fourth-order valence-corrected chi connectivity index (χ4v) is 2.33. The summed E-state index contributed by atoms with van der Waals surface area (Å²) >= 11 is 3.41. The van der Waals surface area contributed by atoms with Crippen LogP contribution in [0.5, 0.6) is 0 Å². The van der Waals surface area contributed by atoms with Crippen LogP contribution in [0.15, 0.2) is 53.1 Å². The van der Waals surface area contributed by atoms with Gasteiger partial charge in [0.15, 0.2) is 0 Å². The van der Waals surface area contributed by atoms with Crippen LogP contribution in [0.25, 0.3) is 22.8 Å². The van der Waals surface area contributed by atoms with Gasteiger partial charge in [-0.05, 0) is 17.7 Å². The van der Waals surface area contributed by atoms with E-state index < -0.39 is 0 Å². The van der Waals surface area contributed by atoms with Crippen LogP contribution in [0.1, 0.15) is 11.1 Å². The summed E-state index contributed by atoms with van der Waals surface area (Å²) in [5, 5.41) is 13.9. The lowest BCUT2D eigenvalue weighted by Gasteiger charge is -1.97. The Kier molecular flexibility index (Phi) is 3.80. The average molecular weight is 340 g/mol. The summed E-state index contributed by atoms with van der Waals surface area (Å²) in [6.07, 6.45) is 0. The van der Waals surface area contributed by atoms with E-state index in [1.807, 2.05) is 30.3 Å². The monoisotopic (exact) mass is 339 g/mol. The largest absolute Gasteiger partial charge is 0.334 e. The van der Waals surface area contributed by atoms with Crippen LogP contribution in [-0.4, -0.2) is 10.1 Å². The molecule has 0 bridgehead atoms. The fourth-order valence-electron chi connectivity index (χ4n) is 1.96. The van der Waals surface area contributed by atoms with Gasteiger partial charge in [-0.25, -0.2) is 0 Å². The molecule has 0 amide bonds. The molecule has 0 atom stereocenters. The predicted octanol–water partition coefficient (Wildman–Crippen LogP) is 4.17. The Morgan fingerprint density at radius 3 is 2.57 bits per heavy atom. The Morgan fingerprint density at radius 1 is 1.10 bits per heavy atom. The molecule has 3 aromatic rings. The average Bonchev–Trinajstić information content (AvgIpc) is 3.04. The van der Waals surface area contributed by atoms with Crippen molar-refractivity contribution in [2.45, 2.75) is 5.33 Å². The first-order valence-corrected chi connectivity index (χ1v) is 7.42. The van der Waals surface area contributed by atoms with Crippen molar-refractivity contribution < 1.29 is 4.52 Å². The molecule has 4 nitrogen and oxygen atoms in total. The van der Waals surface area contributed by atoms with Gasteiger partial charge in [-0.2, -0.15) is 10.2 Å². The molecule has 0 radical (unpaired) electrons. The second-order valence-corrected chi connectivity index (χ2v) is 4.97. The van der Waals surface area contributed by atoms with Crippen molar-refractivity contribution in [3.63, 3.8) is 0 Å². The third kappa shape index (κ3) is 2.71. The van der Waals surface area contributed by atoms with E-state index in [1.54, 1.807) is 18.2 Å². The zero-order chi connectivity index (χ0) is 14.7. The smallest absolute Gasteiger partial charge is 0.259 e. The Hall–Kier alpha value is -2.45. The normalized spacial score (nSPS) is 10.3. The highest BCUT2D eigenvalue weighted by atomic mass is 79.9. The second kappa shape index (κ2) is 5.90. The zero-order valence-corrected chi connectivity index (χ0v) is 12.5. The predicted molar refractivity (Wildman–Crippen MR) is 82.5 cm³/mol. The molecule has 5 heteroatoms. The van der Waals surface area contributed by atoms with Gasteiger partial charge in [0.25, 0.3) is 5.89 Å². The summed E-state index contributed by atoms with van der Waals surface area (Å²) in [6.45, 7) is 0. The number of hydrogen-bond donors (Lipinski definition) is 0. The highest BCUT2D eigenvalue weighted by Crippen LogP contribution is 2.25. The molecule has 0 saturated carbocycles. The van der Waals surface area contributed by atoms with Crippen molar-refractivity contribution in [2.24, 2.45) is 0 Å². The van der Waals surface area contributed by atoms with Crippen LogP contribution in [0.3, 0.4) is 0 Å². The number of nitrogens with zero attached hydrogens (tertiary/aromatic N) is 3. The van der Waals surface area contributed by atoms with E-state index >= 15 is 0 Å². The molecule has 3 rings (SSSR count). The van der Waals surface area contributed by atoms with Crippen molar-refractivity contribution in [1.29, 1.82) is 5.26 Å². The number of aromatic nitrogens is 2. The minimum atomic E-state index is 0.353. The number of rotatable bonds is 3. The Balaban J connectivity index is 1.98. The van der Waals surface area contributed by atoms with E-state index in [4.69, 9.17) is 9.78 Å². The Bertz CT molecular complexity index is 803. The number of alkyl halides is 1. The molecule has 0 aliphatic rings. The minimum Gasteiger partial charge on any atom is -0.334 e. The number of benzene rings is 2. The summed E-state index contributed by atoms with van der Waals surface area (Å²) in [4.78, 5) is 4.37. The maximum absolute atomic E-state index is 9.12. The summed E-state index contributed by atoms with van der Waals surface area (Å²) < 4.78 is 5.28. The second-order valence-electron chi connectivity index (χ2n) is 4.41. The molecular formula is C16H10BrN3O. The van der Waals surface area contributed by atoms with Gasteiger partial charge in [0.1, 0.15) is 0 Å². The summed E-state index contributed by atoms with van der Waals surface area (Å²) in [7, 11) is 0. The number of nitriles is 1. The van der Waals surface area contributed by atoms with E-state index in [9.17, 15) is 0 Å². The highest BCUT2D eigenvalue weighted by molar-refractivity contribution is 9.08. The molecule has 102 valence electrons. The van der Waals surface area contributed by atoms with Gasteiger partial charge >= 0.3 is 0 Å². The van der Waals surface area contributed by atoms with Gasteiger partial charge in [0.05, 0.1) is 17.2 Å². The zero-order valence-electron chi connectivity index (χ0n) is 11.0. The molecule has 0 aliphatic carbocycles. The van der Waals surface area contributed by atoms with E-state index in [0.717, 1.165) is 10.9 Å². The van der Waals surface area contributed by atoms with Gasteiger partial charge in [-0.15, -0.1) is 0 Å². The summed E-state index contributed by atoms with van der Waals surface area (Å²) in [5.74, 6) is 0.866. The molecule has 0 saturated heterocycles. The first-order chi connectivity index (χ1) is 10.3. The molecule has 0 fully saturated rings. The topological polar surface area (TPSA) is 62.7 Å². The standard InChI is InChI=1S/C16H10BrN3O/c17-9-11-5-7-12(8-6-11)15-19-16(21-20-15)14-4-2-1-3-13(14)10-18/h1-8H,9H2. The maximum atomic E-state index is 9.12. The lowest BCUT2D eigenvalue weighted by molar-refractivity contribution is 0.432. The summed E-state index contributed by atoms with van der Waals surface area (Å²) in [5.41, 5.74) is 3.22. The van der Waals surface area contributed by atoms with Crippen molar-refractivity contribution in [1.82, 2.24) is 10.1 Å². The first-order valence-electron chi connectivity index (χ1n) is 6.30. The quantitative estimate of drug-likeness (QED) is 0.672. The molecule has 0 unspecified atom stereocenters. The molecule has 0 aliphatic heterocycles. The van der Waals surface area contributed by atoms with Crippen LogP contribution in [0.4, 0.5) is 0 Å². The van der Waals surface area contributed by atoms with Crippen LogP contribution < -0.4 is 0 Å². The summed E-state index contributed by atoms with van der Waals surface area (Å²) in [6, 6.07) is 17.2. The van der Waals surface area contributed by atoms with Crippen LogP contribution >= 0.6 is 15.9 Å². The first kappa shape index (κ1) is 13.5. The minimum absolute atomic E-state index is 0.353. The van der Waals surface area contributed by atoms with Crippen LogP contribution in [0.2, 0.25) is 0 Å². The molecule has 1 aromatic heterocycles. The van der Waals surface area contributed by atoms with Crippen molar-refractivity contribution in [3.8, 4) is 28.9 Å². The molecule has 21 heavy (non-hydrogen) atoms. The molecule has 0 N–H and O–H groups in total. The van der Waals surface area contributed by atoms with E-state index in [1.165, 1.54) is 5.56 Å². The van der Waals surface area contributed by atoms with Crippen molar-refractivity contribution in [2.75, 3.05) is 0 Å². The number of hydrogen-bond acceptors (Lipinski definition) is 4. The fraction of sp³-hybridized carbons (Fsp3) is 0.0625. The van der Waals surface area contributed by atoms with Gasteiger partial charge < -0.3 is 4.52 Å². The van der Waals surface area contributed by atoms with Crippen LogP contribution in [0, 0.1) is 11.3 Å². The van der Waals surface area contributed by atoms with Crippen molar-refractivity contribution in [3.05, 3.63) is 59.7 Å². The molecule has 0 spiro atoms. The van der Waals surface area contributed by atoms with E-state index in [2.05, 4.69) is 32.1 Å². The van der Waals surface area contributed by atoms with Crippen molar-refractivity contribution >= 4 is 15.9 Å². The molecular weight excluding hydrogens is 330 g/mol. The SMILES string of the molecule is N#Cc1ccccc1-c1nc(-c2ccc(CBr)cc2)no1. The van der Waals surface area contributed by atoms with Gasteiger partial charge in [0, 0.05) is 10.9 Å². The molecule has 2 aromatic carbocycles. The molecule has 1 heterocycles. The highest BCUT2D eigenvalue weighted by Gasteiger charge is 2.13. The lowest BCUT2D eigenvalue weighted by Crippen LogP contribution is -1.85. The van der Waals surface area contributed by atoms with E-state index in [0.29, 0.717) is 22.8 Å².